The lowest BCUT2D eigenvalue weighted by atomic mass is 9.78. The molecule has 2 aliphatic rings. The zero-order valence-corrected chi connectivity index (χ0v) is 18.5. The molecule has 0 saturated carbocycles. The Morgan fingerprint density at radius 1 is 1.09 bits per heavy atom. The first-order valence-corrected chi connectivity index (χ1v) is 11.3. The molecule has 0 bridgehead atoms. The molecule has 2 fully saturated rings. The second-order valence-electron chi connectivity index (χ2n) is 9.17. The summed E-state index contributed by atoms with van der Waals surface area (Å²) in [6, 6.07) is 10.4. The van der Waals surface area contributed by atoms with Crippen molar-refractivity contribution < 1.29 is 4.74 Å². The van der Waals surface area contributed by atoms with Gasteiger partial charge < -0.3 is 20.4 Å². The van der Waals surface area contributed by atoms with Crippen LogP contribution in [0.4, 0.5) is 11.8 Å². The van der Waals surface area contributed by atoms with Crippen LogP contribution < -0.4 is 16.6 Å². The van der Waals surface area contributed by atoms with Crippen LogP contribution in [0.3, 0.4) is 0 Å². The van der Waals surface area contributed by atoms with Gasteiger partial charge in [0.15, 0.2) is 0 Å². The predicted octanol–water partition coefficient (Wildman–Crippen LogP) is 2.47. The molecule has 0 radical (unpaired) electrons. The van der Waals surface area contributed by atoms with Crippen LogP contribution in [0.25, 0.3) is 10.9 Å². The summed E-state index contributed by atoms with van der Waals surface area (Å²) in [5.74, 6) is 0.682. The Kier molecular flexibility index (Phi) is 5.57. The highest BCUT2D eigenvalue weighted by atomic mass is 16.5. The SMILES string of the molecule is CCCCNc1nc(N)nc2ccn(Cc3ccc(CN4CC5(COC5)C4)cc3)c(=O)c12. The minimum atomic E-state index is -0.112. The average molecular weight is 435 g/mol. The maximum absolute atomic E-state index is 13.2. The number of unbranched alkanes of at least 4 members (excludes halogenated alkanes) is 1. The largest absolute Gasteiger partial charge is 0.380 e. The third-order valence-corrected chi connectivity index (χ3v) is 6.38. The van der Waals surface area contributed by atoms with Gasteiger partial charge in [-0.05, 0) is 23.6 Å². The number of aromatic nitrogens is 3. The summed E-state index contributed by atoms with van der Waals surface area (Å²) in [5, 5.41) is 3.74. The van der Waals surface area contributed by atoms with Gasteiger partial charge in [-0.25, -0.2) is 4.98 Å². The molecule has 0 atom stereocenters. The fourth-order valence-corrected chi connectivity index (χ4v) is 4.63. The Balaban J connectivity index is 1.31. The Bertz CT molecular complexity index is 1160. The molecule has 0 aliphatic carbocycles. The Morgan fingerprint density at radius 2 is 1.81 bits per heavy atom. The van der Waals surface area contributed by atoms with E-state index in [1.807, 2.05) is 6.07 Å². The summed E-state index contributed by atoms with van der Waals surface area (Å²) in [7, 11) is 0. The number of likely N-dealkylation sites (tertiary alicyclic amines) is 1. The van der Waals surface area contributed by atoms with Crippen molar-refractivity contribution in [1.29, 1.82) is 0 Å². The lowest BCUT2D eigenvalue weighted by Crippen LogP contribution is -2.65. The van der Waals surface area contributed by atoms with Crippen molar-refractivity contribution in [3.63, 3.8) is 0 Å². The highest BCUT2D eigenvalue weighted by Crippen LogP contribution is 2.38. The number of nitrogens with one attached hydrogen (secondary N) is 1. The van der Waals surface area contributed by atoms with E-state index in [0.717, 1.165) is 57.8 Å². The maximum atomic E-state index is 13.2. The van der Waals surface area contributed by atoms with Crippen LogP contribution in [-0.4, -0.2) is 52.3 Å². The van der Waals surface area contributed by atoms with Crippen molar-refractivity contribution in [2.45, 2.75) is 32.9 Å². The second kappa shape index (κ2) is 8.52. The number of hydrogen-bond acceptors (Lipinski definition) is 7. The number of rotatable bonds is 8. The van der Waals surface area contributed by atoms with Gasteiger partial charge in [0.1, 0.15) is 11.2 Å². The van der Waals surface area contributed by atoms with Gasteiger partial charge in [-0.15, -0.1) is 0 Å². The smallest absolute Gasteiger partial charge is 0.264 e. The number of fused-ring (bicyclic) bond motifs is 1. The van der Waals surface area contributed by atoms with Gasteiger partial charge >= 0.3 is 0 Å². The van der Waals surface area contributed by atoms with Crippen molar-refractivity contribution in [2.24, 2.45) is 5.41 Å². The van der Waals surface area contributed by atoms with Crippen LogP contribution in [-0.2, 0) is 17.8 Å². The van der Waals surface area contributed by atoms with Crippen LogP contribution in [0.5, 0.6) is 0 Å². The molecule has 2 aromatic heterocycles. The summed E-state index contributed by atoms with van der Waals surface area (Å²) < 4.78 is 7.06. The van der Waals surface area contributed by atoms with Gasteiger partial charge in [0.05, 0.1) is 25.3 Å². The highest BCUT2D eigenvalue weighted by Gasteiger charge is 2.48. The Hall–Kier alpha value is -2.97. The first kappa shape index (κ1) is 20.9. The summed E-state index contributed by atoms with van der Waals surface area (Å²) in [4.78, 5) is 24.2. The number of hydrogen-bond donors (Lipinski definition) is 2. The first-order valence-electron chi connectivity index (χ1n) is 11.3. The van der Waals surface area contributed by atoms with Gasteiger partial charge in [-0.3, -0.25) is 9.69 Å². The molecule has 5 rings (SSSR count). The zero-order valence-electron chi connectivity index (χ0n) is 18.5. The summed E-state index contributed by atoms with van der Waals surface area (Å²) >= 11 is 0. The van der Waals surface area contributed by atoms with Crippen molar-refractivity contribution in [2.75, 3.05) is 43.9 Å². The maximum Gasteiger partial charge on any atom is 0.264 e. The van der Waals surface area contributed by atoms with E-state index in [2.05, 4.69) is 51.4 Å². The van der Waals surface area contributed by atoms with Crippen molar-refractivity contribution in [1.82, 2.24) is 19.4 Å². The highest BCUT2D eigenvalue weighted by molar-refractivity contribution is 5.89. The molecule has 32 heavy (non-hydrogen) atoms. The topological polar surface area (TPSA) is 98.3 Å². The van der Waals surface area contributed by atoms with Gasteiger partial charge in [-0.2, -0.15) is 4.98 Å². The molecule has 1 aromatic carbocycles. The fraction of sp³-hybridized carbons (Fsp3) is 0.458. The van der Waals surface area contributed by atoms with E-state index in [-0.39, 0.29) is 11.5 Å². The average Bonchev–Trinajstić information content (AvgIpc) is 2.72. The minimum absolute atomic E-state index is 0.112. The van der Waals surface area contributed by atoms with E-state index < -0.39 is 0 Å². The molecule has 3 N–H and O–H groups in total. The standard InChI is InChI=1S/C24H30N6O2/c1-2-3-9-26-21-20-19(27-23(25)28-21)8-10-30(22(20)31)12-18-6-4-17(5-7-18)11-29-13-24(14-29)15-32-16-24/h4-8,10H,2-3,9,11-16H2,1H3,(H3,25,26,27,28). The zero-order chi connectivity index (χ0) is 22.1. The van der Waals surface area contributed by atoms with Crippen LogP contribution >= 0.6 is 0 Å². The molecule has 0 amide bonds. The number of ether oxygens (including phenoxy) is 1. The molecule has 3 aromatic rings. The second-order valence-corrected chi connectivity index (χ2v) is 9.17. The van der Waals surface area contributed by atoms with Gasteiger partial charge in [0.25, 0.3) is 5.56 Å². The molecule has 0 unspecified atom stereocenters. The van der Waals surface area contributed by atoms with Crippen molar-refractivity contribution in [3.05, 3.63) is 58.0 Å². The third-order valence-electron chi connectivity index (χ3n) is 6.38. The molecule has 2 saturated heterocycles. The normalized spacial score (nSPS) is 17.3. The molecule has 168 valence electrons. The molecule has 1 spiro atoms. The lowest BCUT2D eigenvalue weighted by molar-refractivity contribution is -0.191. The fourth-order valence-electron chi connectivity index (χ4n) is 4.63. The van der Waals surface area contributed by atoms with Crippen LogP contribution in [0.1, 0.15) is 30.9 Å². The minimum Gasteiger partial charge on any atom is -0.380 e. The van der Waals surface area contributed by atoms with E-state index in [1.54, 1.807) is 10.8 Å². The number of benzene rings is 1. The van der Waals surface area contributed by atoms with E-state index in [0.29, 0.717) is 28.7 Å². The number of nitrogen functional groups attached to an aromatic ring is 1. The van der Waals surface area contributed by atoms with Crippen molar-refractivity contribution in [3.8, 4) is 0 Å². The van der Waals surface area contributed by atoms with Crippen LogP contribution in [0, 0.1) is 5.41 Å². The molecule has 2 aliphatic heterocycles. The van der Waals surface area contributed by atoms with Crippen molar-refractivity contribution >= 4 is 22.7 Å². The number of pyridine rings is 1. The molecular weight excluding hydrogens is 404 g/mol. The Morgan fingerprint density at radius 3 is 2.47 bits per heavy atom. The summed E-state index contributed by atoms with van der Waals surface area (Å²) in [6.07, 6.45) is 3.82. The van der Waals surface area contributed by atoms with E-state index in [4.69, 9.17) is 10.5 Å². The summed E-state index contributed by atoms with van der Waals surface area (Å²) in [5.41, 5.74) is 9.12. The van der Waals surface area contributed by atoms with E-state index in [1.165, 1.54) is 5.56 Å². The first-order chi connectivity index (χ1) is 15.5. The molecule has 8 heteroatoms. The van der Waals surface area contributed by atoms with Crippen LogP contribution in [0.2, 0.25) is 0 Å². The van der Waals surface area contributed by atoms with Crippen LogP contribution in [0.15, 0.2) is 41.3 Å². The Labute approximate surface area is 187 Å². The molecule has 8 nitrogen and oxygen atoms in total. The summed E-state index contributed by atoms with van der Waals surface area (Å²) in [6.45, 7) is 8.40. The third kappa shape index (κ3) is 4.08. The quantitative estimate of drug-likeness (QED) is 0.526. The molecule has 4 heterocycles. The van der Waals surface area contributed by atoms with E-state index in [9.17, 15) is 4.79 Å². The monoisotopic (exact) mass is 434 g/mol. The number of nitrogens with two attached hydrogens (primary N) is 1. The van der Waals surface area contributed by atoms with E-state index >= 15 is 0 Å². The van der Waals surface area contributed by atoms with Gasteiger partial charge in [0, 0.05) is 37.8 Å². The van der Waals surface area contributed by atoms with Gasteiger partial charge in [-0.1, -0.05) is 37.6 Å². The van der Waals surface area contributed by atoms with Gasteiger partial charge in [0.2, 0.25) is 5.95 Å². The lowest BCUT2D eigenvalue weighted by Gasteiger charge is -2.55. The number of nitrogens with zero attached hydrogens (tertiary/aromatic N) is 4. The molecular formula is C24H30N6O2. The number of anilines is 2. The predicted molar refractivity (Wildman–Crippen MR) is 126 cm³/mol.